The Kier molecular flexibility index (Phi) is 4.79. The fraction of sp³-hybridized carbons (Fsp3) is 0.571. The van der Waals surface area contributed by atoms with Crippen molar-refractivity contribution in [3.8, 4) is 10.6 Å². The summed E-state index contributed by atoms with van der Waals surface area (Å²) in [5.41, 5.74) is 3.84. The molecule has 1 aromatic heterocycles. The highest BCUT2D eigenvalue weighted by Crippen LogP contribution is 2.68. The summed E-state index contributed by atoms with van der Waals surface area (Å²) in [4.78, 5) is 17.2. The van der Waals surface area contributed by atoms with Crippen molar-refractivity contribution in [1.82, 2.24) is 4.98 Å². The van der Waals surface area contributed by atoms with Crippen LogP contribution in [-0.2, 0) is 4.79 Å². The van der Waals surface area contributed by atoms with Crippen molar-refractivity contribution in [3.05, 3.63) is 53.1 Å². The van der Waals surface area contributed by atoms with E-state index >= 15 is 0 Å². The molecule has 1 N–H and O–H groups in total. The van der Waals surface area contributed by atoms with Gasteiger partial charge in [0.15, 0.2) is 5.78 Å². The van der Waals surface area contributed by atoms with Crippen LogP contribution in [0.15, 0.2) is 47.4 Å². The molecule has 6 rings (SSSR count). The van der Waals surface area contributed by atoms with E-state index in [1.165, 1.54) is 29.7 Å². The normalized spacial score (nSPS) is 40.9. The number of carbonyl (C=O) groups excluding carboxylic acids is 1. The average Bonchev–Trinajstić information content (AvgIpc) is 3.38. The van der Waals surface area contributed by atoms with E-state index in [0.717, 1.165) is 30.7 Å². The van der Waals surface area contributed by atoms with Crippen LogP contribution in [-0.4, -0.2) is 22.0 Å². The molecule has 0 saturated heterocycles. The topological polar surface area (TPSA) is 50.2 Å². The molecule has 0 unspecified atom stereocenters. The smallest absolute Gasteiger partial charge is 0.155 e. The minimum Gasteiger partial charge on any atom is -0.393 e. The molecule has 0 spiro atoms. The molecular weight excluding hydrogens is 414 g/mol. The summed E-state index contributed by atoms with van der Waals surface area (Å²) < 4.78 is 0. The molecule has 0 amide bonds. The van der Waals surface area contributed by atoms with Crippen LogP contribution in [0.1, 0.15) is 70.4 Å². The van der Waals surface area contributed by atoms with Gasteiger partial charge in [-0.25, -0.2) is 4.98 Å². The molecule has 4 heteroatoms. The van der Waals surface area contributed by atoms with Gasteiger partial charge in [-0.2, -0.15) is 0 Å². The van der Waals surface area contributed by atoms with Crippen LogP contribution in [0.5, 0.6) is 0 Å². The molecule has 0 aliphatic heterocycles. The Morgan fingerprint density at radius 1 is 1.09 bits per heavy atom. The molecule has 4 aliphatic carbocycles. The van der Waals surface area contributed by atoms with E-state index in [9.17, 15) is 9.90 Å². The number of rotatable bonds is 2. The van der Waals surface area contributed by atoms with Crippen LogP contribution in [0.4, 0.5) is 0 Å². The number of thiazole rings is 1. The molecule has 3 fully saturated rings. The molecule has 2 aromatic rings. The van der Waals surface area contributed by atoms with Crippen LogP contribution >= 0.6 is 11.3 Å². The zero-order valence-electron chi connectivity index (χ0n) is 19.1. The van der Waals surface area contributed by atoms with Crippen molar-refractivity contribution in [2.45, 2.75) is 70.8 Å². The highest BCUT2D eigenvalue weighted by Gasteiger charge is 2.62. The van der Waals surface area contributed by atoms with Crippen molar-refractivity contribution < 1.29 is 9.90 Å². The Hall–Kier alpha value is -1.78. The number of aromatic nitrogens is 1. The first-order valence-electron chi connectivity index (χ1n) is 12.3. The summed E-state index contributed by atoms with van der Waals surface area (Å²) >= 11 is 1.75. The lowest BCUT2D eigenvalue weighted by Crippen LogP contribution is -2.56. The molecule has 7 atom stereocenters. The quantitative estimate of drug-likeness (QED) is 0.580. The first-order chi connectivity index (χ1) is 15.4. The van der Waals surface area contributed by atoms with Gasteiger partial charge in [-0.15, -0.1) is 11.3 Å². The number of ketones is 1. The second kappa shape index (κ2) is 7.36. The van der Waals surface area contributed by atoms with Gasteiger partial charge in [-0.05, 0) is 73.2 Å². The third-order valence-corrected chi connectivity index (χ3v) is 10.7. The van der Waals surface area contributed by atoms with E-state index in [1.54, 1.807) is 11.3 Å². The van der Waals surface area contributed by atoms with Crippen molar-refractivity contribution >= 4 is 17.1 Å². The number of aliphatic hydroxyl groups is 1. The molecule has 1 aromatic carbocycles. The fourth-order valence-corrected chi connectivity index (χ4v) is 9.21. The van der Waals surface area contributed by atoms with Crippen LogP contribution in [0.2, 0.25) is 0 Å². The molecule has 32 heavy (non-hydrogen) atoms. The monoisotopic (exact) mass is 447 g/mol. The van der Waals surface area contributed by atoms with Crippen LogP contribution < -0.4 is 0 Å². The Labute approximate surface area is 195 Å². The predicted molar refractivity (Wildman–Crippen MR) is 128 cm³/mol. The highest BCUT2D eigenvalue weighted by atomic mass is 32.1. The van der Waals surface area contributed by atoms with Crippen LogP contribution in [0.3, 0.4) is 0 Å². The number of fused-ring (bicyclic) bond motifs is 5. The number of carbonyl (C=O) groups is 1. The Bertz CT molecular complexity index is 1070. The SMILES string of the molecule is C[C@]12C[C@@H](O)[C@H]3[C@@H](CCC4=CC(=O)CC[C@@]43C)[C@@H]1CC[C@H]2c1csc(-c2ccccc2)n1. The summed E-state index contributed by atoms with van der Waals surface area (Å²) in [5.74, 6) is 2.19. The lowest BCUT2D eigenvalue weighted by atomic mass is 9.46. The first kappa shape index (κ1) is 20.8. The maximum absolute atomic E-state index is 12.1. The number of allylic oxidation sites excluding steroid dienone is 1. The summed E-state index contributed by atoms with van der Waals surface area (Å²) in [5, 5.41) is 15.0. The Morgan fingerprint density at radius 3 is 2.72 bits per heavy atom. The van der Waals surface area contributed by atoms with Gasteiger partial charge >= 0.3 is 0 Å². The van der Waals surface area contributed by atoms with Crippen LogP contribution in [0, 0.1) is 28.6 Å². The molecule has 0 radical (unpaired) electrons. The largest absolute Gasteiger partial charge is 0.393 e. The van der Waals surface area contributed by atoms with E-state index in [2.05, 4.69) is 43.5 Å². The fourth-order valence-electron chi connectivity index (χ4n) is 8.33. The van der Waals surface area contributed by atoms with Crippen molar-refractivity contribution in [1.29, 1.82) is 0 Å². The molecule has 168 valence electrons. The minimum atomic E-state index is -0.295. The van der Waals surface area contributed by atoms with Gasteiger partial charge in [0.25, 0.3) is 0 Å². The van der Waals surface area contributed by atoms with Crippen LogP contribution in [0.25, 0.3) is 10.6 Å². The Balaban J connectivity index is 1.32. The second-order valence-corrected chi connectivity index (χ2v) is 12.1. The van der Waals surface area contributed by atoms with Gasteiger partial charge in [0, 0.05) is 23.3 Å². The van der Waals surface area contributed by atoms with E-state index in [1.807, 2.05) is 12.1 Å². The highest BCUT2D eigenvalue weighted by molar-refractivity contribution is 7.13. The predicted octanol–water partition coefficient (Wildman–Crippen LogP) is 6.40. The zero-order chi connectivity index (χ0) is 22.1. The van der Waals surface area contributed by atoms with Crippen molar-refractivity contribution in [2.24, 2.45) is 28.6 Å². The number of nitrogens with zero attached hydrogens (tertiary/aromatic N) is 1. The minimum absolute atomic E-state index is 0.00320. The molecule has 0 bridgehead atoms. The first-order valence-corrected chi connectivity index (χ1v) is 13.2. The number of benzene rings is 1. The van der Waals surface area contributed by atoms with Gasteiger partial charge in [-0.3, -0.25) is 4.79 Å². The van der Waals surface area contributed by atoms with Gasteiger partial charge in [0.2, 0.25) is 0 Å². The lowest BCUT2D eigenvalue weighted by molar-refractivity contribution is -0.129. The second-order valence-electron chi connectivity index (χ2n) is 11.2. The van der Waals surface area contributed by atoms with E-state index < -0.39 is 0 Å². The summed E-state index contributed by atoms with van der Waals surface area (Å²) in [6, 6.07) is 10.5. The number of hydrogen-bond acceptors (Lipinski definition) is 4. The molecule has 4 aliphatic rings. The van der Waals surface area contributed by atoms with Gasteiger partial charge in [0.1, 0.15) is 5.01 Å². The van der Waals surface area contributed by atoms with Crippen molar-refractivity contribution in [3.63, 3.8) is 0 Å². The third-order valence-electron chi connectivity index (χ3n) is 9.79. The average molecular weight is 448 g/mol. The molecule has 1 heterocycles. The molecule has 3 saturated carbocycles. The van der Waals surface area contributed by atoms with E-state index in [4.69, 9.17) is 4.98 Å². The summed E-state index contributed by atoms with van der Waals surface area (Å²) in [7, 11) is 0. The maximum atomic E-state index is 12.1. The zero-order valence-corrected chi connectivity index (χ0v) is 19.9. The lowest BCUT2D eigenvalue weighted by Gasteiger charge is -2.59. The summed E-state index contributed by atoms with van der Waals surface area (Å²) in [6.45, 7) is 4.78. The van der Waals surface area contributed by atoms with Gasteiger partial charge < -0.3 is 5.11 Å². The molecular formula is C28H33NO2S. The third kappa shape index (κ3) is 2.95. The number of aliphatic hydroxyl groups excluding tert-OH is 1. The summed E-state index contributed by atoms with van der Waals surface area (Å²) in [6.07, 6.45) is 8.61. The Morgan fingerprint density at radius 2 is 1.91 bits per heavy atom. The number of hydrogen-bond donors (Lipinski definition) is 1. The molecule has 3 nitrogen and oxygen atoms in total. The maximum Gasteiger partial charge on any atom is 0.155 e. The van der Waals surface area contributed by atoms with E-state index in [0.29, 0.717) is 30.1 Å². The van der Waals surface area contributed by atoms with E-state index in [-0.39, 0.29) is 22.7 Å². The van der Waals surface area contributed by atoms with Gasteiger partial charge in [0.05, 0.1) is 11.8 Å². The van der Waals surface area contributed by atoms with Crippen molar-refractivity contribution in [2.75, 3.05) is 0 Å². The van der Waals surface area contributed by atoms with Gasteiger partial charge in [-0.1, -0.05) is 49.8 Å². The standard InChI is InChI=1S/C28H33NO2S/c1-27-13-12-19(30)14-18(27)8-9-20-21-10-11-22(28(21,2)15-24(31)25(20)27)23-16-32-26(29-23)17-6-4-3-5-7-17/h3-7,14,16,20-22,24-25,31H,8-13,15H2,1-2H3/t20-,21-,22-,24+,25+,27-,28-/m0/s1.